The van der Waals surface area contributed by atoms with Crippen LogP contribution in [0.15, 0.2) is 53.3 Å². The van der Waals surface area contributed by atoms with Crippen molar-refractivity contribution in [3.05, 3.63) is 80.0 Å². The molecule has 4 nitrogen and oxygen atoms in total. The van der Waals surface area contributed by atoms with Crippen LogP contribution in [0.5, 0.6) is 0 Å². The molecule has 0 bridgehead atoms. The molecule has 2 aromatic heterocycles. The zero-order valence-corrected chi connectivity index (χ0v) is 15.9. The van der Waals surface area contributed by atoms with Gasteiger partial charge in [-0.2, -0.15) is 5.10 Å². The number of benzene rings is 2. The van der Waals surface area contributed by atoms with E-state index in [1.165, 1.54) is 21.6 Å². The fraction of sp³-hybridized carbons (Fsp3) is 0.150. The molecule has 0 aliphatic carbocycles. The van der Waals surface area contributed by atoms with Crippen LogP contribution in [0.1, 0.15) is 16.1 Å². The van der Waals surface area contributed by atoms with Crippen LogP contribution in [-0.4, -0.2) is 14.8 Å². The van der Waals surface area contributed by atoms with Gasteiger partial charge in [0, 0.05) is 10.6 Å². The Morgan fingerprint density at radius 2 is 1.88 bits per heavy atom. The second-order valence-corrected chi connectivity index (χ2v) is 7.86. The molecular formula is C20H16ClN3OS. The van der Waals surface area contributed by atoms with Crippen LogP contribution in [0.25, 0.3) is 21.5 Å². The molecule has 0 saturated carbocycles. The molecule has 0 amide bonds. The van der Waals surface area contributed by atoms with E-state index >= 15 is 0 Å². The van der Waals surface area contributed by atoms with Crippen molar-refractivity contribution in [1.82, 2.24) is 14.8 Å². The smallest absolute Gasteiger partial charge is 0.265 e. The van der Waals surface area contributed by atoms with E-state index in [1.54, 1.807) is 0 Å². The number of nitrogens with zero attached hydrogens (tertiary/aromatic N) is 3. The first-order chi connectivity index (χ1) is 12.5. The Labute approximate surface area is 159 Å². The lowest BCUT2D eigenvalue weighted by molar-refractivity contribution is 0.650. The molecule has 2 aromatic carbocycles. The molecule has 0 unspecified atom stereocenters. The summed E-state index contributed by atoms with van der Waals surface area (Å²) < 4.78 is 2.31. The zero-order valence-electron chi connectivity index (χ0n) is 14.4. The van der Waals surface area contributed by atoms with Crippen LogP contribution in [0.4, 0.5) is 0 Å². The molecule has 130 valence electrons. The minimum absolute atomic E-state index is 0.180. The van der Waals surface area contributed by atoms with E-state index in [2.05, 4.69) is 10.1 Å². The van der Waals surface area contributed by atoms with Crippen LogP contribution in [0.3, 0.4) is 0 Å². The third-order valence-corrected chi connectivity index (χ3v) is 5.37. The lowest BCUT2D eigenvalue weighted by Crippen LogP contribution is -2.24. The molecule has 6 heteroatoms. The number of hydrogen-bond acceptors (Lipinski definition) is 4. The Balaban J connectivity index is 1.92. The lowest BCUT2D eigenvalue weighted by atomic mass is 10.1. The third kappa shape index (κ3) is 3.16. The molecule has 4 rings (SSSR count). The maximum atomic E-state index is 12.9. The number of thiazole rings is 1. The minimum Gasteiger partial charge on any atom is -0.265 e. The van der Waals surface area contributed by atoms with Crippen LogP contribution < -0.4 is 5.56 Å². The molecule has 0 saturated heterocycles. The molecule has 26 heavy (non-hydrogen) atoms. The second-order valence-electron chi connectivity index (χ2n) is 6.22. The van der Waals surface area contributed by atoms with Crippen LogP contribution in [0, 0.1) is 13.8 Å². The summed E-state index contributed by atoms with van der Waals surface area (Å²) in [6, 6.07) is 15.6. The number of aryl methyl sites for hydroxylation is 2. The summed E-state index contributed by atoms with van der Waals surface area (Å²) in [5.41, 5.74) is 4.16. The topological polar surface area (TPSA) is 47.8 Å². The normalized spacial score (nSPS) is 11.2. The van der Waals surface area contributed by atoms with Gasteiger partial charge in [-0.1, -0.05) is 53.6 Å². The molecule has 0 spiro atoms. The van der Waals surface area contributed by atoms with Gasteiger partial charge in [0.05, 0.1) is 16.3 Å². The number of hydrogen-bond donors (Lipinski definition) is 0. The minimum atomic E-state index is -0.180. The number of rotatable bonds is 3. The SMILES string of the molecule is Cc1ccc(-c2nn(Cc3cccc(Cl)c3)c(=O)c3nc(C)sc23)cc1. The van der Waals surface area contributed by atoms with E-state index in [4.69, 9.17) is 11.6 Å². The predicted octanol–water partition coefficient (Wildman–Crippen LogP) is 4.84. The third-order valence-electron chi connectivity index (χ3n) is 4.15. The van der Waals surface area contributed by atoms with Crippen molar-refractivity contribution in [3.63, 3.8) is 0 Å². The Hall–Kier alpha value is -2.50. The van der Waals surface area contributed by atoms with Crippen molar-refractivity contribution >= 4 is 33.2 Å². The first-order valence-electron chi connectivity index (χ1n) is 8.21. The Kier molecular flexibility index (Phi) is 4.34. The summed E-state index contributed by atoms with van der Waals surface area (Å²) in [7, 11) is 0. The highest BCUT2D eigenvalue weighted by molar-refractivity contribution is 7.19. The average Bonchev–Trinajstić information content (AvgIpc) is 3.00. The van der Waals surface area contributed by atoms with Crippen molar-refractivity contribution in [2.45, 2.75) is 20.4 Å². The Morgan fingerprint density at radius 1 is 1.12 bits per heavy atom. The van der Waals surface area contributed by atoms with Crippen LogP contribution in [-0.2, 0) is 6.54 Å². The molecule has 0 aliphatic rings. The average molecular weight is 382 g/mol. The van der Waals surface area contributed by atoms with Gasteiger partial charge in [-0.15, -0.1) is 11.3 Å². The van der Waals surface area contributed by atoms with Crippen molar-refractivity contribution in [2.75, 3.05) is 0 Å². The monoisotopic (exact) mass is 381 g/mol. The van der Waals surface area contributed by atoms with Crippen molar-refractivity contribution < 1.29 is 0 Å². The van der Waals surface area contributed by atoms with Gasteiger partial charge in [0.15, 0.2) is 5.52 Å². The van der Waals surface area contributed by atoms with Crippen LogP contribution in [0.2, 0.25) is 5.02 Å². The molecule has 4 aromatic rings. The molecule has 0 atom stereocenters. The fourth-order valence-electron chi connectivity index (χ4n) is 2.88. The molecule has 0 fully saturated rings. The van der Waals surface area contributed by atoms with E-state index in [0.29, 0.717) is 17.1 Å². The predicted molar refractivity (Wildman–Crippen MR) is 107 cm³/mol. The fourth-order valence-corrected chi connectivity index (χ4v) is 4.01. The standard InChI is InChI=1S/C20H16ClN3OS/c1-12-6-8-15(9-7-12)17-19-18(22-13(2)26-19)20(25)24(23-17)11-14-4-3-5-16(21)10-14/h3-10H,11H2,1-2H3. The second kappa shape index (κ2) is 6.67. The van der Waals surface area contributed by atoms with Gasteiger partial charge in [0.25, 0.3) is 5.56 Å². The molecule has 0 N–H and O–H groups in total. The van der Waals surface area contributed by atoms with Gasteiger partial charge in [0.2, 0.25) is 0 Å². The largest absolute Gasteiger partial charge is 0.294 e. The van der Waals surface area contributed by atoms with Gasteiger partial charge in [-0.25, -0.2) is 9.67 Å². The number of aromatic nitrogens is 3. The molecule has 2 heterocycles. The zero-order chi connectivity index (χ0) is 18.3. The Bertz CT molecular complexity index is 1160. The summed E-state index contributed by atoms with van der Waals surface area (Å²) in [6.45, 7) is 4.30. The summed E-state index contributed by atoms with van der Waals surface area (Å²) in [4.78, 5) is 17.3. The maximum absolute atomic E-state index is 12.9. The number of halogens is 1. The van der Waals surface area contributed by atoms with E-state index in [0.717, 1.165) is 26.5 Å². The van der Waals surface area contributed by atoms with Crippen molar-refractivity contribution in [2.24, 2.45) is 0 Å². The Morgan fingerprint density at radius 3 is 2.62 bits per heavy atom. The van der Waals surface area contributed by atoms with Crippen molar-refractivity contribution in [1.29, 1.82) is 0 Å². The highest BCUT2D eigenvalue weighted by Gasteiger charge is 2.16. The summed E-state index contributed by atoms with van der Waals surface area (Å²) in [5, 5.41) is 6.16. The highest BCUT2D eigenvalue weighted by Crippen LogP contribution is 2.29. The van der Waals surface area contributed by atoms with Gasteiger partial charge in [0.1, 0.15) is 5.69 Å². The maximum Gasteiger partial charge on any atom is 0.294 e. The van der Waals surface area contributed by atoms with Crippen molar-refractivity contribution in [3.8, 4) is 11.3 Å². The highest BCUT2D eigenvalue weighted by atomic mass is 35.5. The molecule has 0 aliphatic heterocycles. The van der Waals surface area contributed by atoms with Gasteiger partial charge in [-0.05, 0) is 31.5 Å². The molecular weight excluding hydrogens is 366 g/mol. The van der Waals surface area contributed by atoms with Gasteiger partial charge >= 0.3 is 0 Å². The van der Waals surface area contributed by atoms with Crippen LogP contribution >= 0.6 is 22.9 Å². The lowest BCUT2D eigenvalue weighted by Gasteiger charge is -2.09. The van der Waals surface area contributed by atoms with E-state index < -0.39 is 0 Å². The summed E-state index contributed by atoms with van der Waals surface area (Å²) in [5.74, 6) is 0. The first-order valence-corrected chi connectivity index (χ1v) is 9.40. The van der Waals surface area contributed by atoms with E-state index in [9.17, 15) is 4.79 Å². The summed E-state index contributed by atoms with van der Waals surface area (Å²) in [6.07, 6.45) is 0. The van der Waals surface area contributed by atoms with Gasteiger partial charge < -0.3 is 0 Å². The molecule has 0 radical (unpaired) electrons. The van der Waals surface area contributed by atoms with Gasteiger partial charge in [-0.3, -0.25) is 4.79 Å². The van der Waals surface area contributed by atoms with E-state index in [1.807, 2.05) is 62.4 Å². The summed E-state index contributed by atoms with van der Waals surface area (Å²) >= 11 is 7.57. The van der Waals surface area contributed by atoms with E-state index in [-0.39, 0.29) is 5.56 Å². The first kappa shape index (κ1) is 16.9. The quantitative estimate of drug-likeness (QED) is 0.510. The number of fused-ring (bicyclic) bond motifs is 1.